The van der Waals surface area contributed by atoms with E-state index in [1.54, 1.807) is 11.0 Å². The van der Waals surface area contributed by atoms with Gasteiger partial charge in [0.1, 0.15) is 5.92 Å². The molecule has 1 aromatic rings. The third-order valence-electron chi connectivity index (χ3n) is 4.63. The number of rotatable bonds is 2. The molecular formula is C16H20N2O3. The van der Waals surface area contributed by atoms with Crippen molar-refractivity contribution in [2.75, 3.05) is 24.5 Å². The number of carbonyl (C=O) groups is 2. The largest absolute Gasteiger partial charge is 0.481 e. The summed E-state index contributed by atoms with van der Waals surface area (Å²) in [5.41, 5.74) is 1.49. The molecule has 0 saturated carbocycles. The molecule has 21 heavy (non-hydrogen) atoms. The van der Waals surface area contributed by atoms with Crippen LogP contribution in [0.1, 0.15) is 31.2 Å². The summed E-state index contributed by atoms with van der Waals surface area (Å²) in [4.78, 5) is 27.6. The second kappa shape index (κ2) is 5.39. The molecule has 1 fully saturated rings. The number of amides is 2. The highest BCUT2D eigenvalue weighted by Crippen LogP contribution is 2.37. The molecule has 1 N–H and O–H groups in total. The fraction of sp³-hybridized carbons (Fsp3) is 0.500. The number of urea groups is 1. The van der Waals surface area contributed by atoms with Gasteiger partial charge in [-0.25, -0.2) is 4.79 Å². The number of carboxylic acid groups (broad SMARTS) is 1. The molecule has 3 rings (SSSR count). The van der Waals surface area contributed by atoms with Gasteiger partial charge >= 0.3 is 12.0 Å². The normalized spacial score (nSPS) is 24.2. The minimum absolute atomic E-state index is 0.0536. The van der Waals surface area contributed by atoms with Crippen molar-refractivity contribution in [3.05, 3.63) is 29.8 Å². The first-order valence-electron chi connectivity index (χ1n) is 7.50. The fourth-order valence-electron chi connectivity index (χ4n) is 3.31. The van der Waals surface area contributed by atoms with Crippen LogP contribution >= 0.6 is 0 Å². The van der Waals surface area contributed by atoms with E-state index in [0.29, 0.717) is 5.92 Å². The molecule has 2 amide bonds. The highest BCUT2D eigenvalue weighted by Gasteiger charge is 2.39. The zero-order valence-electron chi connectivity index (χ0n) is 12.2. The molecule has 2 aliphatic heterocycles. The van der Waals surface area contributed by atoms with Crippen molar-refractivity contribution < 1.29 is 14.7 Å². The van der Waals surface area contributed by atoms with Gasteiger partial charge in [-0.3, -0.25) is 9.69 Å². The maximum atomic E-state index is 12.7. The van der Waals surface area contributed by atoms with Gasteiger partial charge in [0, 0.05) is 25.3 Å². The van der Waals surface area contributed by atoms with Crippen LogP contribution in [0.5, 0.6) is 0 Å². The van der Waals surface area contributed by atoms with Gasteiger partial charge in [0.05, 0.1) is 0 Å². The molecule has 1 aromatic carbocycles. The standard InChI is InChI=1S/C16H20N2O3/c1-2-11-7-8-17(9-11)16(21)18-10-13(15(19)20)12-5-3-4-6-14(12)18/h3-6,11,13H,2,7-10H2,1H3,(H,19,20). The third-order valence-corrected chi connectivity index (χ3v) is 4.63. The first-order chi connectivity index (χ1) is 10.1. The molecule has 0 radical (unpaired) electrons. The quantitative estimate of drug-likeness (QED) is 0.909. The number of hydrogen-bond donors (Lipinski definition) is 1. The average Bonchev–Trinajstić information content (AvgIpc) is 3.11. The molecule has 2 unspecified atom stereocenters. The molecule has 2 heterocycles. The summed E-state index contributed by atoms with van der Waals surface area (Å²) in [7, 11) is 0. The molecule has 1 saturated heterocycles. The lowest BCUT2D eigenvalue weighted by atomic mass is 10.0. The van der Waals surface area contributed by atoms with E-state index in [1.165, 1.54) is 0 Å². The number of para-hydroxylation sites is 1. The Morgan fingerprint density at radius 3 is 2.71 bits per heavy atom. The Kier molecular flexibility index (Phi) is 3.57. The maximum Gasteiger partial charge on any atom is 0.324 e. The predicted octanol–water partition coefficient (Wildman–Crippen LogP) is 2.53. The Hall–Kier alpha value is -2.04. The van der Waals surface area contributed by atoms with Crippen LogP contribution in [-0.2, 0) is 4.79 Å². The molecule has 5 heteroatoms. The van der Waals surface area contributed by atoms with Crippen LogP contribution in [0, 0.1) is 5.92 Å². The minimum Gasteiger partial charge on any atom is -0.481 e. The van der Waals surface area contributed by atoms with Gasteiger partial charge in [-0.15, -0.1) is 0 Å². The number of benzene rings is 1. The SMILES string of the molecule is CCC1CCN(C(=O)N2CC(C(=O)O)c3ccccc32)C1. The monoisotopic (exact) mass is 288 g/mol. The van der Waals surface area contributed by atoms with E-state index in [0.717, 1.165) is 37.2 Å². The van der Waals surface area contributed by atoms with Crippen molar-refractivity contribution in [3.8, 4) is 0 Å². The summed E-state index contributed by atoms with van der Waals surface area (Å²) in [6.45, 7) is 3.94. The van der Waals surface area contributed by atoms with E-state index in [2.05, 4.69) is 6.92 Å². The lowest BCUT2D eigenvalue weighted by Gasteiger charge is -2.25. The Morgan fingerprint density at radius 2 is 2.05 bits per heavy atom. The molecule has 2 atom stereocenters. The minimum atomic E-state index is -0.870. The average molecular weight is 288 g/mol. The lowest BCUT2D eigenvalue weighted by molar-refractivity contribution is -0.138. The van der Waals surface area contributed by atoms with Crippen molar-refractivity contribution >= 4 is 17.7 Å². The summed E-state index contributed by atoms with van der Waals surface area (Å²) < 4.78 is 0. The molecule has 0 spiro atoms. The Bertz CT molecular complexity index is 572. The molecule has 0 aromatic heterocycles. The van der Waals surface area contributed by atoms with E-state index < -0.39 is 11.9 Å². The topological polar surface area (TPSA) is 60.9 Å². The van der Waals surface area contributed by atoms with Gasteiger partial charge < -0.3 is 10.0 Å². The summed E-state index contributed by atoms with van der Waals surface area (Å²) in [6, 6.07) is 7.26. The van der Waals surface area contributed by atoms with Crippen molar-refractivity contribution in [2.45, 2.75) is 25.7 Å². The van der Waals surface area contributed by atoms with Crippen LogP contribution in [0.25, 0.3) is 0 Å². The number of aliphatic carboxylic acids is 1. The maximum absolute atomic E-state index is 12.7. The van der Waals surface area contributed by atoms with Crippen LogP contribution in [0.2, 0.25) is 0 Å². The second-order valence-electron chi connectivity index (χ2n) is 5.85. The van der Waals surface area contributed by atoms with Crippen LogP contribution in [-0.4, -0.2) is 41.6 Å². The van der Waals surface area contributed by atoms with E-state index >= 15 is 0 Å². The van der Waals surface area contributed by atoms with Crippen molar-refractivity contribution in [1.82, 2.24) is 4.90 Å². The van der Waals surface area contributed by atoms with Crippen LogP contribution in [0.15, 0.2) is 24.3 Å². The van der Waals surface area contributed by atoms with Gasteiger partial charge in [0.15, 0.2) is 0 Å². The highest BCUT2D eigenvalue weighted by atomic mass is 16.4. The number of anilines is 1. The molecule has 0 aliphatic carbocycles. The Morgan fingerprint density at radius 1 is 1.29 bits per heavy atom. The van der Waals surface area contributed by atoms with Gasteiger partial charge in [0.25, 0.3) is 0 Å². The molecule has 5 nitrogen and oxygen atoms in total. The Labute approximate surface area is 124 Å². The summed E-state index contributed by atoms with van der Waals surface area (Å²) in [5, 5.41) is 9.35. The van der Waals surface area contributed by atoms with E-state index in [-0.39, 0.29) is 12.6 Å². The number of fused-ring (bicyclic) bond motifs is 1. The van der Waals surface area contributed by atoms with E-state index in [4.69, 9.17) is 0 Å². The van der Waals surface area contributed by atoms with Crippen LogP contribution in [0.4, 0.5) is 10.5 Å². The predicted molar refractivity (Wildman–Crippen MR) is 79.5 cm³/mol. The van der Waals surface area contributed by atoms with Crippen molar-refractivity contribution in [2.24, 2.45) is 5.92 Å². The molecule has 0 bridgehead atoms. The molecule has 2 aliphatic rings. The number of carboxylic acids is 1. The number of likely N-dealkylation sites (tertiary alicyclic amines) is 1. The fourth-order valence-corrected chi connectivity index (χ4v) is 3.31. The Balaban J connectivity index is 1.84. The van der Waals surface area contributed by atoms with Crippen LogP contribution < -0.4 is 4.90 Å². The second-order valence-corrected chi connectivity index (χ2v) is 5.85. The summed E-state index contributed by atoms with van der Waals surface area (Å²) in [5.74, 6) is -0.914. The highest BCUT2D eigenvalue weighted by molar-refractivity contribution is 5.98. The van der Waals surface area contributed by atoms with E-state index in [1.807, 2.05) is 23.1 Å². The molecular weight excluding hydrogens is 268 g/mol. The zero-order chi connectivity index (χ0) is 15.0. The molecule has 112 valence electrons. The number of nitrogens with zero attached hydrogens (tertiary/aromatic N) is 2. The first kappa shape index (κ1) is 13.9. The van der Waals surface area contributed by atoms with Crippen LogP contribution in [0.3, 0.4) is 0 Å². The van der Waals surface area contributed by atoms with Crippen molar-refractivity contribution in [3.63, 3.8) is 0 Å². The van der Waals surface area contributed by atoms with Gasteiger partial charge in [-0.2, -0.15) is 0 Å². The van der Waals surface area contributed by atoms with E-state index in [9.17, 15) is 14.7 Å². The zero-order valence-corrected chi connectivity index (χ0v) is 12.2. The number of carbonyl (C=O) groups excluding carboxylic acids is 1. The smallest absolute Gasteiger partial charge is 0.324 e. The summed E-state index contributed by atoms with van der Waals surface area (Å²) >= 11 is 0. The summed E-state index contributed by atoms with van der Waals surface area (Å²) in [6.07, 6.45) is 2.12. The van der Waals surface area contributed by atoms with Gasteiger partial charge in [0.2, 0.25) is 0 Å². The van der Waals surface area contributed by atoms with Crippen molar-refractivity contribution in [1.29, 1.82) is 0 Å². The first-order valence-corrected chi connectivity index (χ1v) is 7.50. The lowest BCUT2D eigenvalue weighted by Crippen LogP contribution is -2.42. The number of hydrogen-bond acceptors (Lipinski definition) is 2. The third kappa shape index (κ3) is 2.37. The van der Waals surface area contributed by atoms with Gasteiger partial charge in [-0.1, -0.05) is 31.5 Å². The van der Waals surface area contributed by atoms with Gasteiger partial charge in [-0.05, 0) is 24.0 Å².